The predicted octanol–water partition coefficient (Wildman–Crippen LogP) is 6.48. The van der Waals surface area contributed by atoms with Crippen LogP contribution in [-0.2, 0) is 19.1 Å². The second kappa shape index (κ2) is 25.7. The van der Waals surface area contributed by atoms with Crippen molar-refractivity contribution >= 4 is 39.4 Å². The van der Waals surface area contributed by atoms with Gasteiger partial charge in [-0.1, -0.05) is 118 Å². The monoisotopic (exact) mass is 548 g/mol. The van der Waals surface area contributed by atoms with Crippen molar-refractivity contribution in [1.82, 2.24) is 5.32 Å². The molecule has 0 aliphatic heterocycles. The molecule has 0 saturated heterocycles. The van der Waals surface area contributed by atoms with E-state index in [9.17, 15) is 19.5 Å². The quantitative estimate of drug-likeness (QED) is 0.0638. The van der Waals surface area contributed by atoms with Crippen molar-refractivity contribution in [2.45, 2.75) is 135 Å². The van der Waals surface area contributed by atoms with Crippen LogP contribution in [0.15, 0.2) is 0 Å². The van der Waals surface area contributed by atoms with E-state index < -0.39 is 24.0 Å². The Morgan fingerprint density at radius 2 is 1.22 bits per heavy atom. The summed E-state index contributed by atoms with van der Waals surface area (Å²) < 4.78 is 4.58. The molecule has 0 aromatic heterocycles. The second-order valence-corrected chi connectivity index (χ2v) is 12.2. The van der Waals surface area contributed by atoms with E-state index in [0.29, 0.717) is 30.8 Å². The minimum Gasteiger partial charge on any atom is -0.480 e. The Balaban J connectivity index is 3.63. The molecule has 2 unspecified atom stereocenters. The van der Waals surface area contributed by atoms with Crippen molar-refractivity contribution in [1.29, 1.82) is 0 Å². The van der Waals surface area contributed by atoms with Gasteiger partial charge in [0, 0.05) is 17.9 Å². The van der Waals surface area contributed by atoms with Gasteiger partial charge in [0.2, 0.25) is 5.91 Å². The van der Waals surface area contributed by atoms with Crippen LogP contribution in [0, 0.1) is 0 Å². The van der Waals surface area contributed by atoms with E-state index in [-0.39, 0.29) is 5.91 Å². The first-order chi connectivity index (χ1) is 17.4. The lowest BCUT2D eigenvalue weighted by molar-refractivity contribution is -0.142. The van der Waals surface area contributed by atoms with Crippen molar-refractivity contribution in [2.24, 2.45) is 5.73 Å². The molecule has 0 spiro atoms. The number of carboxylic acid groups (broad SMARTS) is 1. The summed E-state index contributed by atoms with van der Waals surface area (Å²) in [6.07, 6.45) is 20.4. The summed E-state index contributed by atoms with van der Waals surface area (Å²) in [4.78, 5) is 34.9. The zero-order valence-corrected chi connectivity index (χ0v) is 24.4. The van der Waals surface area contributed by atoms with Crippen LogP contribution in [0.25, 0.3) is 0 Å². The third-order valence-corrected chi connectivity index (χ3v) is 8.70. The molecular formula is C27H52N2O5S2. The Morgan fingerprint density at radius 3 is 1.67 bits per heavy atom. The van der Waals surface area contributed by atoms with Gasteiger partial charge in [-0.3, -0.25) is 9.59 Å². The van der Waals surface area contributed by atoms with Gasteiger partial charge >= 0.3 is 11.9 Å². The highest BCUT2D eigenvalue weighted by Crippen LogP contribution is 2.24. The van der Waals surface area contributed by atoms with E-state index >= 15 is 0 Å². The molecule has 0 bridgehead atoms. The first-order valence-corrected chi connectivity index (χ1v) is 16.5. The Morgan fingerprint density at radius 1 is 0.778 bits per heavy atom. The van der Waals surface area contributed by atoms with Crippen LogP contribution in [0.2, 0.25) is 0 Å². The number of amides is 1. The van der Waals surface area contributed by atoms with E-state index in [1.54, 1.807) is 0 Å². The van der Waals surface area contributed by atoms with Crippen molar-refractivity contribution in [3.05, 3.63) is 0 Å². The van der Waals surface area contributed by atoms with E-state index in [4.69, 9.17) is 5.73 Å². The molecule has 0 aliphatic carbocycles. The Kier molecular flexibility index (Phi) is 25.0. The van der Waals surface area contributed by atoms with Gasteiger partial charge < -0.3 is 20.9 Å². The topological polar surface area (TPSA) is 119 Å². The lowest BCUT2D eigenvalue weighted by Gasteiger charge is -2.14. The zero-order chi connectivity index (χ0) is 26.9. The Hall–Kier alpha value is -0.930. The number of carboxylic acids is 1. The molecule has 0 saturated carbocycles. The van der Waals surface area contributed by atoms with Crippen LogP contribution in [0.3, 0.4) is 0 Å². The second-order valence-electron chi connectivity index (χ2n) is 9.51. The third kappa shape index (κ3) is 22.3. The molecule has 0 fully saturated rings. The molecule has 0 aromatic carbocycles. The van der Waals surface area contributed by atoms with Crippen LogP contribution in [0.5, 0.6) is 0 Å². The first kappa shape index (κ1) is 35.1. The molecule has 4 N–H and O–H groups in total. The van der Waals surface area contributed by atoms with E-state index in [0.717, 1.165) is 19.3 Å². The highest BCUT2D eigenvalue weighted by molar-refractivity contribution is 8.76. The lowest BCUT2D eigenvalue weighted by atomic mass is 10.0. The fourth-order valence-corrected chi connectivity index (χ4v) is 6.11. The number of esters is 1. The molecule has 212 valence electrons. The summed E-state index contributed by atoms with van der Waals surface area (Å²) in [5.41, 5.74) is 5.68. The standard InChI is InChI=1S/C27H52N2O5S2/c1-3-4-5-6-7-8-9-10-11-12-13-14-15-16-17-18-25(30)29-24(26(31)32)20-22-36-35-21-19-23(28)27(33)34-2/h23-24H,3-22,28H2,1-2H3,(H,29,30)(H,31,32). The third-order valence-electron chi connectivity index (χ3n) is 6.23. The van der Waals surface area contributed by atoms with Gasteiger partial charge in [0.1, 0.15) is 12.1 Å². The van der Waals surface area contributed by atoms with Gasteiger partial charge in [-0.05, 0) is 19.3 Å². The molecule has 7 nitrogen and oxygen atoms in total. The van der Waals surface area contributed by atoms with Gasteiger partial charge in [-0.2, -0.15) is 0 Å². The number of nitrogens with one attached hydrogen (secondary N) is 1. The summed E-state index contributed by atoms with van der Waals surface area (Å²) in [5, 5.41) is 12.0. The fraction of sp³-hybridized carbons (Fsp3) is 0.889. The molecule has 1 amide bonds. The summed E-state index contributed by atoms with van der Waals surface area (Å²) in [6, 6.07) is -1.49. The minimum atomic E-state index is -1.00. The number of hydrogen-bond acceptors (Lipinski definition) is 7. The van der Waals surface area contributed by atoms with E-state index in [1.807, 2.05) is 0 Å². The van der Waals surface area contributed by atoms with Gasteiger partial charge in [-0.15, -0.1) is 0 Å². The number of aliphatic carboxylic acids is 1. The molecule has 0 radical (unpaired) electrons. The number of methoxy groups -OCH3 is 1. The van der Waals surface area contributed by atoms with Crippen LogP contribution < -0.4 is 11.1 Å². The SMILES string of the molecule is CCCCCCCCCCCCCCCCCC(=O)NC(CCSSCCC(N)C(=O)OC)C(=O)O. The number of unbranched alkanes of at least 4 members (excludes halogenated alkanes) is 14. The summed E-state index contributed by atoms with van der Waals surface area (Å²) in [7, 11) is 4.37. The highest BCUT2D eigenvalue weighted by atomic mass is 33.1. The summed E-state index contributed by atoms with van der Waals surface area (Å²) >= 11 is 0. The molecule has 0 aromatic rings. The molecule has 2 atom stereocenters. The summed E-state index contributed by atoms with van der Waals surface area (Å²) in [6.45, 7) is 2.26. The number of carbonyl (C=O) groups excluding carboxylic acids is 2. The number of rotatable bonds is 26. The molecule has 0 rings (SSSR count). The average Bonchev–Trinajstić information content (AvgIpc) is 2.86. The normalized spacial score (nSPS) is 12.8. The van der Waals surface area contributed by atoms with Crippen LogP contribution in [0.1, 0.15) is 122 Å². The van der Waals surface area contributed by atoms with Crippen molar-refractivity contribution in [3.63, 3.8) is 0 Å². The van der Waals surface area contributed by atoms with Gasteiger partial charge in [0.05, 0.1) is 7.11 Å². The number of nitrogens with two attached hydrogens (primary N) is 1. The lowest BCUT2D eigenvalue weighted by Crippen LogP contribution is -2.41. The Labute approximate surface area is 227 Å². The van der Waals surface area contributed by atoms with Crippen LogP contribution >= 0.6 is 21.6 Å². The maximum absolute atomic E-state index is 12.2. The molecule has 9 heteroatoms. The number of carbonyl (C=O) groups is 3. The number of ether oxygens (including phenoxy) is 1. The highest BCUT2D eigenvalue weighted by Gasteiger charge is 2.19. The van der Waals surface area contributed by atoms with Crippen LogP contribution in [-0.4, -0.2) is 53.7 Å². The smallest absolute Gasteiger partial charge is 0.326 e. The molecule has 0 aliphatic rings. The molecular weight excluding hydrogens is 496 g/mol. The maximum Gasteiger partial charge on any atom is 0.326 e. The van der Waals surface area contributed by atoms with Crippen LogP contribution in [0.4, 0.5) is 0 Å². The van der Waals surface area contributed by atoms with E-state index in [2.05, 4.69) is 17.0 Å². The van der Waals surface area contributed by atoms with Crippen molar-refractivity contribution < 1.29 is 24.2 Å². The van der Waals surface area contributed by atoms with E-state index in [1.165, 1.54) is 106 Å². The maximum atomic E-state index is 12.2. The average molecular weight is 549 g/mol. The zero-order valence-electron chi connectivity index (χ0n) is 22.8. The Bertz CT molecular complexity index is 566. The van der Waals surface area contributed by atoms with Crippen molar-refractivity contribution in [2.75, 3.05) is 18.6 Å². The summed E-state index contributed by atoms with van der Waals surface area (Å²) in [5.74, 6) is -0.348. The first-order valence-electron chi connectivity index (χ1n) is 14.0. The van der Waals surface area contributed by atoms with Gasteiger partial charge in [0.25, 0.3) is 0 Å². The molecule has 36 heavy (non-hydrogen) atoms. The minimum absolute atomic E-state index is 0.182. The number of hydrogen-bond donors (Lipinski definition) is 3. The van der Waals surface area contributed by atoms with Gasteiger partial charge in [-0.25, -0.2) is 4.79 Å². The largest absolute Gasteiger partial charge is 0.480 e. The van der Waals surface area contributed by atoms with Crippen molar-refractivity contribution in [3.8, 4) is 0 Å². The molecule has 0 heterocycles. The predicted molar refractivity (Wildman–Crippen MR) is 153 cm³/mol. The fourth-order valence-electron chi connectivity index (χ4n) is 3.91. The van der Waals surface area contributed by atoms with Gasteiger partial charge in [0.15, 0.2) is 0 Å².